The van der Waals surface area contributed by atoms with Crippen LogP contribution in [0.4, 0.5) is 10.5 Å². The van der Waals surface area contributed by atoms with E-state index in [0.29, 0.717) is 13.0 Å². The fourth-order valence-electron chi connectivity index (χ4n) is 2.68. The molecule has 3 amide bonds. The van der Waals surface area contributed by atoms with Gasteiger partial charge >= 0.3 is 6.03 Å². The zero-order chi connectivity index (χ0) is 15.9. The number of anilines is 1. The lowest BCUT2D eigenvalue weighted by atomic mass is 10.1. The molecule has 1 aromatic rings. The molecular formula is C17H25N3O2. The molecule has 0 aromatic heterocycles. The standard InChI is InChI=1S/C17H25N3O2/c1-3-13-7-5-8-14(11-13)19-17(22)20-10-6-9-15(12-20)18-16(21)4-2/h5,7-8,11,15H,3-4,6,9-10,12H2,1-2H3,(H,18,21)(H,19,22). The Balaban J connectivity index is 1.92. The predicted molar refractivity (Wildman–Crippen MR) is 87.9 cm³/mol. The van der Waals surface area contributed by atoms with Crippen molar-refractivity contribution in [3.8, 4) is 0 Å². The number of urea groups is 1. The van der Waals surface area contributed by atoms with Crippen LogP contribution in [0.3, 0.4) is 0 Å². The number of benzene rings is 1. The van der Waals surface area contributed by atoms with Crippen LogP contribution in [0, 0.1) is 0 Å². The van der Waals surface area contributed by atoms with Crippen molar-refractivity contribution < 1.29 is 9.59 Å². The molecule has 5 nitrogen and oxygen atoms in total. The highest BCUT2D eigenvalue weighted by molar-refractivity contribution is 5.89. The summed E-state index contributed by atoms with van der Waals surface area (Å²) in [5, 5.41) is 5.92. The largest absolute Gasteiger partial charge is 0.352 e. The summed E-state index contributed by atoms with van der Waals surface area (Å²) in [5.41, 5.74) is 2.02. The van der Waals surface area contributed by atoms with Crippen LogP contribution in [0.5, 0.6) is 0 Å². The van der Waals surface area contributed by atoms with Crippen LogP contribution >= 0.6 is 0 Å². The first-order valence-electron chi connectivity index (χ1n) is 8.06. The van der Waals surface area contributed by atoms with E-state index in [2.05, 4.69) is 17.6 Å². The van der Waals surface area contributed by atoms with Gasteiger partial charge in [0.15, 0.2) is 0 Å². The number of hydrogen-bond donors (Lipinski definition) is 2. The number of hydrogen-bond acceptors (Lipinski definition) is 2. The van der Waals surface area contributed by atoms with Crippen molar-refractivity contribution in [1.82, 2.24) is 10.2 Å². The van der Waals surface area contributed by atoms with Gasteiger partial charge in [-0.15, -0.1) is 0 Å². The summed E-state index contributed by atoms with van der Waals surface area (Å²) >= 11 is 0. The van der Waals surface area contributed by atoms with E-state index in [1.165, 1.54) is 5.56 Å². The smallest absolute Gasteiger partial charge is 0.321 e. The average molecular weight is 303 g/mol. The molecular weight excluding hydrogens is 278 g/mol. The van der Waals surface area contributed by atoms with Gasteiger partial charge < -0.3 is 15.5 Å². The highest BCUT2D eigenvalue weighted by Gasteiger charge is 2.24. The summed E-state index contributed by atoms with van der Waals surface area (Å²) in [6.07, 6.45) is 3.27. The Hall–Kier alpha value is -2.04. The van der Waals surface area contributed by atoms with Gasteiger partial charge in [-0.05, 0) is 37.0 Å². The Morgan fingerprint density at radius 2 is 2.14 bits per heavy atom. The SMILES string of the molecule is CCC(=O)NC1CCCN(C(=O)Nc2cccc(CC)c2)C1. The molecule has 1 unspecified atom stereocenters. The van der Waals surface area contributed by atoms with Crippen LogP contribution in [-0.2, 0) is 11.2 Å². The second-order valence-electron chi connectivity index (χ2n) is 5.69. The van der Waals surface area contributed by atoms with E-state index in [4.69, 9.17) is 0 Å². The molecule has 0 radical (unpaired) electrons. The van der Waals surface area contributed by atoms with Gasteiger partial charge in [0.05, 0.1) is 0 Å². The number of nitrogens with one attached hydrogen (secondary N) is 2. The quantitative estimate of drug-likeness (QED) is 0.898. The molecule has 1 aliphatic heterocycles. The Morgan fingerprint density at radius 3 is 2.86 bits per heavy atom. The maximum absolute atomic E-state index is 12.4. The van der Waals surface area contributed by atoms with Crippen molar-refractivity contribution in [2.45, 2.75) is 45.6 Å². The lowest BCUT2D eigenvalue weighted by Gasteiger charge is -2.33. The monoisotopic (exact) mass is 303 g/mol. The third kappa shape index (κ3) is 4.48. The number of carbonyl (C=O) groups excluding carboxylic acids is 2. The van der Waals surface area contributed by atoms with Crippen molar-refractivity contribution in [1.29, 1.82) is 0 Å². The van der Waals surface area contributed by atoms with Crippen LogP contribution in [-0.4, -0.2) is 36.0 Å². The van der Waals surface area contributed by atoms with E-state index < -0.39 is 0 Å². The molecule has 1 aliphatic rings. The lowest BCUT2D eigenvalue weighted by molar-refractivity contribution is -0.121. The van der Waals surface area contributed by atoms with Crippen LogP contribution in [0.2, 0.25) is 0 Å². The van der Waals surface area contributed by atoms with Crippen molar-refractivity contribution in [3.05, 3.63) is 29.8 Å². The summed E-state index contributed by atoms with van der Waals surface area (Å²) in [7, 11) is 0. The normalized spacial score (nSPS) is 17.9. The number of likely N-dealkylation sites (tertiary alicyclic amines) is 1. The van der Waals surface area contributed by atoms with Gasteiger partial charge in [-0.3, -0.25) is 4.79 Å². The first kappa shape index (κ1) is 16.3. The molecule has 120 valence electrons. The summed E-state index contributed by atoms with van der Waals surface area (Å²) < 4.78 is 0. The molecule has 22 heavy (non-hydrogen) atoms. The Labute approximate surface area is 132 Å². The number of aryl methyl sites for hydroxylation is 1. The van der Waals surface area contributed by atoms with E-state index >= 15 is 0 Å². The summed E-state index contributed by atoms with van der Waals surface area (Å²) in [4.78, 5) is 25.6. The van der Waals surface area contributed by atoms with E-state index in [1.54, 1.807) is 4.90 Å². The van der Waals surface area contributed by atoms with Crippen LogP contribution < -0.4 is 10.6 Å². The molecule has 0 saturated carbocycles. The summed E-state index contributed by atoms with van der Waals surface area (Å²) in [5.74, 6) is 0.0444. The number of carbonyl (C=O) groups is 2. The first-order valence-corrected chi connectivity index (χ1v) is 8.06. The molecule has 0 bridgehead atoms. The van der Waals surface area contributed by atoms with Gasteiger partial charge in [-0.1, -0.05) is 26.0 Å². The number of amides is 3. The van der Waals surface area contributed by atoms with E-state index in [1.807, 2.05) is 31.2 Å². The molecule has 0 aliphatic carbocycles. The predicted octanol–water partition coefficient (Wildman–Crippen LogP) is 2.77. The zero-order valence-corrected chi connectivity index (χ0v) is 13.4. The molecule has 1 aromatic carbocycles. The lowest BCUT2D eigenvalue weighted by Crippen LogP contribution is -2.50. The number of rotatable bonds is 4. The van der Waals surface area contributed by atoms with Crippen molar-refractivity contribution >= 4 is 17.6 Å². The van der Waals surface area contributed by atoms with Gasteiger partial charge in [0.1, 0.15) is 0 Å². The third-order valence-electron chi connectivity index (χ3n) is 3.98. The van der Waals surface area contributed by atoms with Gasteiger partial charge in [0, 0.05) is 31.2 Å². The van der Waals surface area contributed by atoms with E-state index in [-0.39, 0.29) is 18.0 Å². The molecule has 2 N–H and O–H groups in total. The van der Waals surface area contributed by atoms with Crippen LogP contribution in [0.15, 0.2) is 24.3 Å². The minimum absolute atomic E-state index is 0.0444. The minimum Gasteiger partial charge on any atom is -0.352 e. The molecule has 1 saturated heterocycles. The zero-order valence-electron chi connectivity index (χ0n) is 13.4. The Bertz CT molecular complexity index is 530. The van der Waals surface area contributed by atoms with Crippen LogP contribution in [0.1, 0.15) is 38.7 Å². The molecule has 2 rings (SSSR count). The summed E-state index contributed by atoms with van der Waals surface area (Å²) in [6, 6.07) is 7.87. The van der Waals surface area contributed by atoms with E-state index in [9.17, 15) is 9.59 Å². The maximum atomic E-state index is 12.4. The average Bonchev–Trinajstić information content (AvgIpc) is 2.55. The highest BCUT2D eigenvalue weighted by atomic mass is 16.2. The molecule has 5 heteroatoms. The second kappa shape index (κ2) is 7.82. The minimum atomic E-state index is -0.0938. The molecule has 1 atom stereocenters. The molecule has 0 spiro atoms. The highest BCUT2D eigenvalue weighted by Crippen LogP contribution is 2.15. The third-order valence-corrected chi connectivity index (χ3v) is 3.98. The second-order valence-corrected chi connectivity index (χ2v) is 5.69. The maximum Gasteiger partial charge on any atom is 0.321 e. The van der Waals surface area contributed by atoms with Crippen molar-refractivity contribution in [2.24, 2.45) is 0 Å². The number of nitrogens with zero attached hydrogens (tertiary/aromatic N) is 1. The van der Waals surface area contributed by atoms with Gasteiger partial charge in [0.25, 0.3) is 0 Å². The number of piperidine rings is 1. The Morgan fingerprint density at radius 1 is 1.32 bits per heavy atom. The fraction of sp³-hybridized carbons (Fsp3) is 0.529. The van der Waals surface area contributed by atoms with Crippen molar-refractivity contribution in [3.63, 3.8) is 0 Å². The van der Waals surface area contributed by atoms with Gasteiger partial charge in [-0.25, -0.2) is 4.79 Å². The van der Waals surface area contributed by atoms with Crippen molar-refractivity contribution in [2.75, 3.05) is 18.4 Å². The van der Waals surface area contributed by atoms with Gasteiger partial charge in [0.2, 0.25) is 5.91 Å². The molecule has 1 heterocycles. The Kier molecular flexibility index (Phi) is 5.81. The molecule has 1 fully saturated rings. The first-order chi connectivity index (χ1) is 10.6. The fourth-order valence-corrected chi connectivity index (χ4v) is 2.68. The van der Waals surface area contributed by atoms with Crippen LogP contribution in [0.25, 0.3) is 0 Å². The summed E-state index contributed by atoms with van der Waals surface area (Å²) in [6.45, 7) is 5.23. The van der Waals surface area contributed by atoms with E-state index in [0.717, 1.165) is 31.5 Å². The topological polar surface area (TPSA) is 61.4 Å². The van der Waals surface area contributed by atoms with Gasteiger partial charge in [-0.2, -0.15) is 0 Å².